The zero-order valence-corrected chi connectivity index (χ0v) is 17.4. The van der Waals surface area contributed by atoms with Gasteiger partial charge in [-0.3, -0.25) is 4.79 Å². The maximum atomic E-state index is 13.0. The van der Waals surface area contributed by atoms with Gasteiger partial charge < -0.3 is 9.64 Å². The highest BCUT2D eigenvalue weighted by Crippen LogP contribution is 2.23. The number of hydrogen-bond donors (Lipinski definition) is 0. The van der Waals surface area contributed by atoms with Crippen LogP contribution in [0.1, 0.15) is 27.2 Å². The fraction of sp³-hybridized carbons (Fsp3) is 0.238. The van der Waals surface area contributed by atoms with Crippen LogP contribution in [0, 0.1) is 13.8 Å². The Hall–Kier alpha value is -2.60. The largest absolute Gasteiger partial charge is 0.496 e. The van der Waals surface area contributed by atoms with Crippen LogP contribution < -0.4 is 4.74 Å². The molecule has 0 spiro atoms. The molecule has 0 unspecified atom stereocenters. The van der Waals surface area contributed by atoms with E-state index in [1.165, 1.54) is 0 Å². The molecule has 1 amide bonds. The van der Waals surface area contributed by atoms with Gasteiger partial charge in [-0.2, -0.15) is 5.10 Å². The molecule has 0 saturated carbocycles. The number of hydrogen-bond acceptors (Lipinski definition) is 3. The maximum Gasteiger partial charge on any atom is 0.257 e. The Bertz CT molecular complexity index is 964. The first-order chi connectivity index (χ1) is 12.9. The lowest BCUT2D eigenvalue weighted by Crippen LogP contribution is -2.27. The molecule has 5 nitrogen and oxygen atoms in total. The zero-order chi connectivity index (χ0) is 19.6. The Morgan fingerprint density at radius 2 is 1.89 bits per heavy atom. The summed E-state index contributed by atoms with van der Waals surface area (Å²) in [6, 6.07) is 13.8. The third-order valence-corrected chi connectivity index (χ3v) is 5.03. The van der Waals surface area contributed by atoms with Gasteiger partial charge in [-0.25, -0.2) is 4.68 Å². The van der Waals surface area contributed by atoms with Crippen molar-refractivity contribution in [1.82, 2.24) is 14.7 Å². The lowest BCUT2D eigenvalue weighted by molar-refractivity contribution is 0.0783. The number of aryl methyl sites for hydroxylation is 1. The second kappa shape index (κ2) is 7.96. The van der Waals surface area contributed by atoms with Gasteiger partial charge in [0.1, 0.15) is 5.75 Å². The van der Waals surface area contributed by atoms with Gasteiger partial charge in [0.05, 0.1) is 30.3 Å². The highest BCUT2D eigenvalue weighted by atomic mass is 79.9. The number of halogens is 1. The third-order valence-electron chi connectivity index (χ3n) is 4.50. The Kier molecular flexibility index (Phi) is 5.65. The summed E-state index contributed by atoms with van der Waals surface area (Å²) in [5.41, 5.74) is 4.42. The molecule has 0 aliphatic rings. The van der Waals surface area contributed by atoms with Crippen molar-refractivity contribution in [1.29, 1.82) is 0 Å². The topological polar surface area (TPSA) is 47.4 Å². The van der Waals surface area contributed by atoms with Gasteiger partial charge in [-0.15, -0.1) is 0 Å². The van der Waals surface area contributed by atoms with Crippen molar-refractivity contribution in [2.75, 3.05) is 14.2 Å². The van der Waals surface area contributed by atoms with E-state index in [2.05, 4.69) is 21.0 Å². The van der Waals surface area contributed by atoms with Crippen LogP contribution in [0.5, 0.6) is 5.75 Å². The van der Waals surface area contributed by atoms with Crippen LogP contribution in [-0.4, -0.2) is 34.7 Å². The van der Waals surface area contributed by atoms with Crippen LogP contribution in [0.15, 0.2) is 53.1 Å². The monoisotopic (exact) mass is 427 g/mol. The summed E-state index contributed by atoms with van der Waals surface area (Å²) >= 11 is 3.43. The molecule has 0 atom stereocenters. The normalized spacial score (nSPS) is 10.7. The number of carbonyl (C=O) groups excluding carboxylic acids is 1. The molecule has 0 N–H and O–H groups in total. The van der Waals surface area contributed by atoms with Crippen LogP contribution in [0.3, 0.4) is 0 Å². The predicted molar refractivity (Wildman–Crippen MR) is 110 cm³/mol. The molecule has 0 bridgehead atoms. The van der Waals surface area contributed by atoms with Crippen molar-refractivity contribution in [3.05, 3.63) is 75.5 Å². The van der Waals surface area contributed by atoms with E-state index in [-0.39, 0.29) is 5.91 Å². The van der Waals surface area contributed by atoms with Gasteiger partial charge in [-0.05, 0) is 44.2 Å². The summed E-state index contributed by atoms with van der Waals surface area (Å²) in [4.78, 5) is 14.7. The Morgan fingerprint density at radius 3 is 2.56 bits per heavy atom. The molecule has 140 valence electrons. The minimum Gasteiger partial charge on any atom is -0.496 e. The summed E-state index contributed by atoms with van der Waals surface area (Å²) in [6.45, 7) is 4.40. The third kappa shape index (κ3) is 4.06. The summed E-state index contributed by atoms with van der Waals surface area (Å²) in [5, 5.41) is 4.40. The predicted octanol–water partition coefficient (Wildman–Crippen LogP) is 4.53. The fourth-order valence-electron chi connectivity index (χ4n) is 3.03. The van der Waals surface area contributed by atoms with Gasteiger partial charge >= 0.3 is 0 Å². The van der Waals surface area contributed by atoms with E-state index in [1.54, 1.807) is 29.9 Å². The van der Waals surface area contributed by atoms with E-state index in [0.717, 1.165) is 32.7 Å². The minimum absolute atomic E-state index is 0.0700. The summed E-state index contributed by atoms with van der Waals surface area (Å²) < 4.78 is 8.20. The van der Waals surface area contributed by atoms with Crippen LogP contribution in [0.25, 0.3) is 5.69 Å². The number of nitrogens with zero attached hydrogens (tertiary/aromatic N) is 3. The van der Waals surface area contributed by atoms with Gasteiger partial charge in [0.15, 0.2) is 0 Å². The maximum absolute atomic E-state index is 13.0. The first kappa shape index (κ1) is 19.2. The highest BCUT2D eigenvalue weighted by molar-refractivity contribution is 9.10. The quantitative estimate of drug-likeness (QED) is 0.600. The lowest BCUT2D eigenvalue weighted by atomic mass is 10.1. The second-order valence-corrected chi connectivity index (χ2v) is 7.42. The SMILES string of the molecule is COc1ccc(C)cc1CN(C)C(=O)c1cnn(-c2ccc(Br)cc2)c1C. The van der Waals surface area contributed by atoms with Crippen LogP contribution in [0.2, 0.25) is 0 Å². The number of amides is 1. The van der Waals surface area contributed by atoms with Crippen molar-refractivity contribution >= 4 is 21.8 Å². The fourth-order valence-corrected chi connectivity index (χ4v) is 3.29. The van der Waals surface area contributed by atoms with Crippen molar-refractivity contribution in [3.63, 3.8) is 0 Å². The number of rotatable bonds is 5. The standard InChI is InChI=1S/C21H22BrN3O2/c1-14-5-10-20(27-4)16(11-14)13-24(3)21(26)19-12-23-25(15(19)2)18-8-6-17(22)7-9-18/h5-12H,13H2,1-4H3. The first-order valence-corrected chi connectivity index (χ1v) is 9.39. The Morgan fingerprint density at radius 1 is 1.19 bits per heavy atom. The molecule has 0 radical (unpaired) electrons. The van der Waals surface area contributed by atoms with Gasteiger partial charge in [-0.1, -0.05) is 33.6 Å². The van der Waals surface area contributed by atoms with Gasteiger partial charge in [0.2, 0.25) is 0 Å². The number of methoxy groups -OCH3 is 1. The average molecular weight is 428 g/mol. The summed E-state index contributed by atoms with van der Waals surface area (Å²) in [5.74, 6) is 0.710. The first-order valence-electron chi connectivity index (χ1n) is 8.60. The molecule has 0 saturated heterocycles. The zero-order valence-electron chi connectivity index (χ0n) is 15.9. The second-order valence-electron chi connectivity index (χ2n) is 6.51. The molecule has 27 heavy (non-hydrogen) atoms. The molecule has 3 aromatic rings. The summed E-state index contributed by atoms with van der Waals surface area (Å²) in [6.07, 6.45) is 1.63. The Balaban J connectivity index is 1.84. The highest BCUT2D eigenvalue weighted by Gasteiger charge is 2.20. The molecule has 6 heteroatoms. The molecule has 0 aliphatic carbocycles. The van der Waals surface area contributed by atoms with Crippen molar-refractivity contribution in [2.24, 2.45) is 0 Å². The van der Waals surface area contributed by atoms with Crippen LogP contribution in [-0.2, 0) is 6.54 Å². The summed E-state index contributed by atoms with van der Waals surface area (Å²) in [7, 11) is 3.43. The smallest absolute Gasteiger partial charge is 0.257 e. The molecule has 2 aromatic carbocycles. The van der Waals surface area contributed by atoms with E-state index < -0.39 is 0 Å². The molecule has 0 aliphatic heterocycles. The van der Waals surface area contributed by atoms with Crippen LogP contribution >= 0.6 is 15.9 Å². The minimum atomic E-state index is -0.0700. The number of aromatic nitrogens is 2. The Labute approximate surface area is 167 Å². The lowest BCUT2D eigenvalue weighted by Gasteiger charge is -2.19. The van der Waals surface area contributed by atoms with Crippen LogP contribution in [0.4, 0.5) is 0 Å². The van der Waals surface area contributed by atoms with E-state index in [4.69, 9.17) is 4.74 Å². The van der Waals surface area contributed by atoms with E-state index in [0.29, 0.717) is 12.1 Å². The van der Waals surface area contributed by atoms with Crippen molar-refractivity contribution < 1.29 is 9.53 Å². The molecule has 1 aromatic heterocycles. The molecule has 0 fully saturated rings. The molecular weight excluding hydrogens is 406 g/mol. The van der Waals surface area contributed by atoms with E-state index >= 15 is 0 Å². The average Bonchev–Trinajstić information content (AvgIpc) is 3.03. The van der Waals surface area contributed by atoms with E-state index in [1.807, 2.05) is 56.3 Å². The van der Waals surface area contributed by atoms with Gasteiger partial charge in [0, 0.05) is 23.6 Å². The van der Waals surface area contributed by atoms with Crippen molar-refractivity contribution in [2.45, 2.75) is 20.4 Å². The number of carbonyl (C=O) groups is 1. The van der Waals surface area contributed by atoms with E-state index in [9.17, 15) is 4.79 Å². The number of benzene rings is 2. The molecule has 3 rings (SSSR count). The van der Waals surface area contributed by atoms with Gasteiger partial charge in [0.25, 0.3) is 5.91 Å². The molecule has 1 heterocycles. The number of ether oxygens (including phenoxy) is 1. The van der Waals surface area contributed by atoms with Crippen molar-refractivity contribution in [3.8, 4) is 11.4 Å². The molecular formula is C21H22BrN3O2.